The molecule has 0 radical (unpaired) electrons. The highest BCUT2D eigenvalue weighted by atomic mass is 16.5. The van der Waals surface area contributed by atoms with Gasteiger partial charge in [0.2, 0.25) is 0 Å². The van der Waals surface area contributed by atoms with Crippen LogP contribution in [0.5, 0.6) is 5.75 Å². The molecule has 0 bridgehead atoms. The summed E-state index contributed by atoms with van der Waals surface area (Å²) >= 11 is 0. The molecule has 4 nitrogen and oxygen atoms in total. The van der Waals surface area contributed by atoms with E-state index in [1.54, 1.807) is 6.07 Å². The fourth-order valence-electron chi connectivity index (χ4n) is 2.27. The van der Waals surface area contributed by atoms with Gasteiger partial charge in [0, 0.05) is 5.56 Å². The summed E-state index contributed by atoms with van der Waals surface area (Å²) in [7, 11) is 0. The van der Waals surface area contributed by atoms with Gasteiger partial charge in [-0.05, 0) is 38.1 Å². The van der Waals surface area contributed by atoms with Crippen LogP contribution in [0.4, 0.5) is 0 Å². The number of benzene rings is 1. The minimum absolute atomic E-state index is 0.240. The summed E-state index contributed by atoms with van der Waals surface area (Å²) < 4.78 is 10.8. The highest BCUT2D eigenvalue weighted by Crippen LogP contribution is 2.26. The second-order valence-electron chi connectivity index (χ2n) is 4.46. The standard InChI is InChI=1S/C13H15NO3/c15-13-12-7-11(2-1-9(12)8-16-13)17-10-3-5-14-6-4-10/h1-2,7,10,14H,3-6,8H2. The predicted molar refractivity (Wildman–Crippen MR) is 62.1 cm³/mol. The van der Waals surface area contributed by atoms with Gasteiger partial charge in [-0.3, -0.25) is 0 Å². The van der Waals surface area contributed by atoms with Crippen molar-refractivity contribution in [1.29, 1.82) is 0 Å². The highest BCUT2D eigenvalue weighted by Gasteiger charge is 2.22. The first-order valence-corrected chi connectivity index (χ1v) is 6.00. The van der Waals surface area contributed by atoms with Crippen molar-refractivity contribution in [1.82, 2.24) is 5.32 Å². The van der Waals surface area contributed by atoms with Crippen molar-refractivity contribution in [2.24, 2.45) is 0 Å². The van der Waals surface area contributed by atoms with Crippen molar-refractivity contribution >= 4 is 5.97 Å². The zero-order valence-corrected chi connectivity index (χ0v) is 9.57. The minimum Gasteiger partial charge on any atom is -0.490 e. The van der Waals surface area contributed by atoms with Gasteiger partial charge in [-0.1, -0.05) is 6.07 Å². The highest BCUT2D eigenvalue weighted by molar-refractivity contribution is 5.93. The second-order valence-corrected chi connectivity index (χ2v) is 4.46. The van der Waals surface area contributed by atoms with Gasteiger partial charge in [0.05, 0.1) is 5.56 Å². The van der Waals surface area contributed by atoms with Crippen molar-refractivity contribution in [3.8, 4) is 5.75 Å². The monoisotopic (exact) mass is 233 g/mol. The van der Waals surface area contributed by atoms with Crippen LogP contribution in [0.2, 0.25) is 0 Å². The number of fused-ring (bicyclic) bond motifs is 1. The molecule has 2 heterocycles. The summed E-state index contributed by atoms with van der Waals surface area (Å²) in [4.78, 5) is 11.4. The molecule has 0 aliphatic carbocycles. The molecule has 1 saturated heterocycles. The van der Waals surface area contributed by atoms with Crippen LogP contribution in [-0.2, 0) is 11.3 Å². The van der Waals surface area contributed by atoms with Crippen LogP contribution in [0.25, 0.3) is 0 Å². The fourth-order valence-corrected chi connectivity index (χ4v) is 2.27. The van der Waals surface area contributed by atoms with Crippen LogP contribution in [0, 0.1) is 0 Å². The smallest absolute Gasteiger partial charge is 0.339 e. The Morgan fingerprint density at radius 3 is 2.94 bits per heavy atom. The number of cyclic esters (lactones) is 1. The van der Waals surface area contributed by atoms with Gasteiger partial charge < -0.3 is 14.8 Å². The van der Waals surface area contributed by atoms with E-state index in [0.717, 1.165) is 37.2 Å². The number of carbonyl (C=O) groups excluding carboxylic acids is 1. The molecule has 17 heavy (non-hydrogen) atoms. The van der Waals surface area contributed by atoms with E-state index in [2.05, 4.69) is 5.32 Å². The lowest BCUT2D eigenvalue weighted by Crippen LogP contribution is -2.34. The molecule has 1 fully saturated rings. The Balaban J connectivity index is 1.75. The van der Waals surface area contributed by atoms with Crippen LogP contribution in [-0.4, -0.2) is 25.2 Å². The van der Waals surface area contributed by atoms with Crippen molar-refractivity contribution in [3.05, 3.63) is 29.3 Å². The fraction of sp³-hybridized carbons (Fsp3) is 0.462. The lowest BCUT2D eigenvalue weighted by molar-refractivity contribution is 0.0534. The predicted octanol–water partition coefficient (Wildman–Crippen LogP) is 1.49. The van der Waals surface area contributed by atoms with Gasteiger partial charge in [0.1, 0.15) is 18.5 Å². The minimum atomic E-state index is -0.240. The van der Waals surface area contributed by atoms with Gasteiger partial charge in [0.15, 0.2) is 0 Å². The maximum atomic E-state index is 11.4. The maximum absolute atomic E-state index is 11.4. The number of esters is 1. The normalized spacial score (nSPS) is 19.9. The molecule has 2 aliphatic heterocycles. The molecule has 2 aliphatic rings. The van der Waals surface area contributed by atoms with Crippen molar-refractivity contribution in [2.75, 3.05) is 13.1 Å². The lowest BCUT2D eigenvalue weighted by Gasteiger charge is -2.23. The Labute approximate surface area is 99.9 Å². The molecule has 0 saturated carbocycles. The summed E-state index contributed by atoms with van der Waals surface area (Å²) in [5, 5.41) is 3.30. The number of rotatable bonds is 2. The molecule has 0 amide bonds. The zero-order valence-electron chi connectivity index (χ0n) is 9.57. The van der Waals surface area contributed by atoms with Crippen molar-refractivity contribution in [2.45, 2.75) is 25.6 Å². The molecular weight excluding hydrogens is 218 g/mol. The largest absolute Gasteiger partial charge is 0.490 e. The Morgan fingerprint density at radius 2 is 2.12 bits per heavy atom. The van der Waals surface area contributed by atoms with Crippen LogP contribution in [0.3, 0.4) is 0 Å². The summed E-state index contributed by atoms with van der Waals surface area (Å²) in [5.41, 5.74) is 1.60. The molecule has 3 rings (SSSR count). The molecule has 1 N–H and O–H groups in total. The Morgan fingerprint density at radius 1 is 1.29 bits per heavy atom. The Bertz CT molecular complexity index is 438. The second kappa shape index (κ2) is 4.37. The summed E-state index contributed by atoms with van der Waals surface area (Å²) in [6.07, 6.45) is 2.29. The quantitative estimate of drug-likeness (QED) is 0.786. The molecule has 90 valence electrons. The van der Waals surface area contributed by atoms with Gasteiger partial charge in [-0.15, -0.1) is 0 Å². The number of ether oxygens (including phenoxy) is 2. The van der Waals surface area contributed by atoms with E-state index < -0.39 is 0 Å². The SMILES string of the molecule is O=C1OCc2ccc(OC3CCNCC3)cc21. The molecule has 0 unspecified atom stereocenters. The molecule has 0 spiro atoms. The summed E-state index contributed by atoms with van der Waals surface area (Å²) in [6, 6.07) is 5.63. The molecule has 0 aromatic heterocycles. The van der Waals surface area contributed by atoms with E-state index in [0.29, 0.717) is 12.2 Å². The maximum Gasteiger partial charge on any atom is 0.339 e. The van der Waals surface area contributed by atoms with E-state index in [1.165, 1.54) is 0 Å². The number of piperidine rings is 1. The number of hydrogen-bond acceptors (Lipinski definition) is 4. The molecule has 4 heteroatoms. The van der Waals surface area contributed by atoms with Crippen LogP contribution in [0.1, 0.15) is 28.8 Å². The zero-order chi connectivity index (χ0) is 11.7. The number of hydrogen-bond donors (Lipinski definition) is 1. The van der Waals surface area contributed by atoms with E-state index in [-0.39, 0.29) is 12.1 Å². The van der Waals surface area contributed by atoms with Gasteiger partial charge in [-0.25, -0.2) is 4.79 Å². The summed E-state index contributed by atoms with van der Waals surface area (Å²) in [5.74, 6) is 0.533. The molecule has 1 aromatic rings. The van der Waals surface area contributed by atoms with Gasteiger partial charge in [-0.2, -0.15) is 0 Å². The third kappa shape index (κ3) is 2.13. The van der Waals surface area contributed by atoms with Crippen molar-refractivity contribution in [3.63, 3.8) is 0 Å². The van der Waals surface area contributed by atoms with E-state index in [9.17, 15) is 4.79 Å². The van der Waals surface area contributed by atoms with Gasteiger partial charge in [0.25, 0.3) is 0 Å². The lowest BCUT2D eigenvalue weighted by atomic mass is 10.1. The Hall–Kier alpha value is -1.55. The summed E-state index contributed by atoms with van der Waals surface area (Å²) in [6.45, 7) is 2.39. The number of carbonyl (C=O) groups is 1. The van der Waals surface area contributed by atoms with Gasteiger partial charge >= 0.3 is 5.97 Å². The van der Waals surface area contributed by atoms with Crippen molar-refractivity contribution < 1.29 is 14.3 Å². The van der Waals surface area contributed by atoms with Crippen LogP contribution in [0.15, 0.2) is 18.2 Å². The third-order valence-electron chi connectivity index (χ3n) is 3.25. The molecule has 1 aromatic carbocycles. The van der Waals surface area contributed by atoms with Crippen LogP contribution >= 0.6 is 0 Å². The van der Waals surface area contributed by atoms with E-state index in [1.807, 2.05) is 12.1 Å². The Kier molecular flexibility index (Phi) is 2.73. The first-order chi connectivity index (χ1) is 8.33. The first kappa shape index (κ1) is 10.6. The third-order valence-corrected chi connectivity index (χ3v) is 3.25. The van der Waals surface area contributed by atoms with Crippen LogP contribution < -0.4 is 10.1 Å². The van der Waals surface area contributed by atoms with E-state index in [4.69, 9.17) is 9.47 Å². The molecule has 0 atom stereocenters. The average molecular weight is 233 g/mol. The average Bonchev–Trinajstić information content (AvgIpc) is 2.73. The topological polar surface area (TPSA) is 47.6 Å². The number of nitrogens with one attached hydrogen (secondary N) is 1. The molecular formula is C13H15NO3. The first-order valence-electron chi connectivity index (χ1n) is 6.00. The van der Waals surface area contributed by atoms with E-state index >= 15 is 0 Å².